The van der Waals surface area contributed by atoms with Gasteiger partial charge in [-0.3, -0.25) is 0 Å². The van der Waals surface area contributed by atoms with Crippen molar-refractivity contribution in [2.45, 2.75) is 39.1 Å². The van der Waals surface area contributed by atoms with Crippen LogP contribution in [0.1, 0.15) is 30.4 Å². The normalized spacial score (nSPS) is 20.0. The van der Waals surface area contributed by atoms with Crippen LogP contribution in [0.4, 0.5) is 0 Å². The van der Waals surface area contributed by atoms with Crippen molar-refractivity contribution in [1.82, 2.24) is 4.98 Å². The number of H-pyrrole nitrogens is 1. The number of hydrogen-bond acceptors (Lipinski definition) is 2. The number of nitrogens with one attached hydrogen (secondary N) is 1. The van der Waals surface area contributed by atoms with Crippen LogP contribution in [-0.4, -0.2) is 17.9 Å². The summed E-state index contributed by atoms with van der Waals surface area (Å²) in [5.74, 6) is 0. The maximum atomic E-state index is 6.35. The fraction of sp³-hybridized carbons (Fsp3) is 0.467. The van der Waals surface area contributed by atoms with Gasteiger partial charge in [0.2, 0.25) is 0 Å². The van der Waals surface area contributed by atoms with Gasteiger partial charge in [0.15, 0.2) is 6.29 Å². The first-order chi connectivity index (χ1) is 9.25. The second-order valence-electron chi connectivity index (χ2n) is 5.03. The van der Waals surface area contributed by atoms with Crippen molar-refractivity contribution < 1.29 is 9.47 Å². The Labute approximate surface area is 117 Å². The molecule has 1 aliphatic rings. The zero-order valence-corrected chi connectivity index (χ0v) is 11.8. The van der Waals surface area contributed by atoms with Crippen LogP contribution < -0.4 is 0 Å². The zero-order valence-electron chi connectivity index (χ0n) is 11.0. The van der Waals surface area contributed by atoms with Crippen LogP contribution in [0.2, 0.25) is 5.02 Å². The third kappa shape index (κ3) is 2.64. The first kappa shape index (κ1) is 13.0. The summed E-state index contributed by atoms with van der Waals surface area (Å²) in [6, 6.07) is 4.04. The molecule has 19 heavy (non-hydrogen) atoms. The first-order valence-corrected chi connectivity index (χ1v) is 7.12. The molecule has 4 heteroatoms. The highest BCUT2D eigenvalue weighted by molar-refractivity contribution is 6.32. The van der Waals surface area contributed by atoms with Crippen molar-refractivity contribution in [3.05, 3.63) is 34.5 Å². The van der Waals surface area contributed by atoms with Gasteiger partial charge in [-0.05, 0) is 43.9 Å². The summed E-state index contributed by atoms with van der Waals surface area (Å²) in [6.07, 6.45) is 5.13. The van der Waals surface area contributed by atoms with Crippen LogP contribution in [0.25, 0.3) is 10.9 Å². The molecule has 0 amide bonds. The van der Waals surface area contributed by atoms with E-state index in [4.69, 9.17) is 21.1 Å². The van der Waals surface area contributed by atoms with Crippen LogP contribution in [0.5, 0.6) is 0 Å². The van der Waals surface area contributed by atoms with E-state index in [2.05, 4.69) is 18.0 Å². The number of aryl methyl sites for hydroxylation is 1. The van der Waals surface area contributed by atoms with Crippen molar-refractivity contribution in [3.63, 3.8) is 0 Å². The van der Waals surface area contributed by atoms with Crippen LogP contribution in [0, 0.1) is 6.92 Å². The lowest BCUT2D eigenvalue weighted by Gasteiger charge is -2.23. The molecule has 1 unspecified atom stereocenters. The summed E-state index contributed by atoms with van der Waals surface area (Å²) in [4.78, 5) is 3.25. The number of aromatic nitrogens is 1. The number of ether oxygens (including phenoxy) is 2. The van der Waals surface area contributed by atoms with Gasteiger partial charge < -0.3 is 14.5 Å². The number of hydrogen-bond donors (Lipinski definition) is 1. The van der Waals surface area contributed by atoms with E-state index in [-0.39, 0.29) is 6.29 Å². The van der Waals surface area contributed by atoms with E-state index >= 15 is 0 Å². The molecule has 3 nitrogen and oxygen atoms in total. The van der Waals surface area contributed by atoms with Gasteiger partial charge in [0, 0.05) is 34.3 Å². The number of rotatable bonds is 3. The SMILES string of the molecule is Cc1cc(Cl)c(COC2CCCCO2)c2cc[nH]c12. The van der Waals surface area contributed by atoms with Gasteiger partial charge >= 0.3 is 0 Å². The van der Waals surface area contributed by atoms with Gasteiger partial charge in [0.25, 0.3) is 0 Å². The lowest BCUT2D eigenvalue weighted by atomic mass is 10.1. The van der Waals surface area contributed by atoms with E-state index in [1.165, 1.54) is 6.42 Å². The molecule has 3 rings (SSSR count). The van der Waals surface area contributed by atoms with E-state index in [1.54, 1.807) is 0 Å². The van der Waals surface area contributed by atoms with E-state index in [1.807, 2.05) is 12.3 Å². The Morgan fingerprint density at radius 3 is 3.16 bits per heavy atom. The Morgan fingerprint density at radius 2 is 2.37 bits per heavy atom. The molecule has 1 saturated heterocycles. The third-order valence-electron chi connectivity index (χ3n) is 3.65. The fourth-order valence-electron chi connectivity index (χ4n) is 2.59. The van der Waals surface area contributed by atoms with E-state index in [0.29, 0.717) is 6.61 Å². The molecule has 0 saturated carbocycles. The predicted molar refractivity (Wildman–Crippen MR) is 76.4 cm³/mol. The minimum Gasteiger partial charge on any atom is -0.361 e. The summed E-state index contributed by atoms with van der Waals surface area (Å²) in [6.45, 7) is 3.35. The number of benzene rings is 1. The average Bonchev–Trinajstić information content (AvgIpc) is 2.89. The number of aromatic amines is 1. The van der Waals surface area contributed by atoms with Crippen molar-refractivity contribution in [2.75, 3.05) is 6.61 Å². The van der Waals surface area contributed by atoms with Crippen molar-refractivity contribution in [2.24, 2.45) is 0 Å². The quantitative estimate of drug-likeness (QED) is 0.915. The Kier molecular flexibility index (Phi) is 3.78. The van der Waals surface area contributed by atoms with Gasteiger partial charge in [-0.1, -0.05) is 11.6 Å². The van der Waals surface area contributed by atoms with Crippen LogP contribution in [0.3, 0.4) is 0 Å². The maximum absolute atomic E-state index is 6.35. The third-order valence-corrected chi connectivity index (χ3v) is 3.99. The molecule has 2 heterocycles. The van der Waals surface area contributed by atoms with Gasteiger partial charge in [0.1, 0.15) is 0 Å². The molecule has 0 spiro atoms. The van der Waals surface area contributed by atoms with Gasteiger partial charge in [-0.15, -0.1) is 0 Å². The van der Waals surface area contributed by atoms with E-state index < -0.39 is 0 Å². The Hall–Kier alpha value is -1.03. The highest BCUT2D eigenvalue weighted by Crippen LogP contribution is 2.30. The lowest BCUT2D eigenvalue weighted by Crippen LogP contribution is -2.22. The average molecular weight is 280 g/mol. The van der Waals surface area contributed by atoms with Crippen LogP contribution in [0.15, 0.2) is 18.3 Å². The largest absolute Gasteiger partial charge is 0.361 e. The molecule has 1 aromatic heterocycles. The first-order valence-electron chi connectivity index (χ1n) is 6.74. The van der Waals surface area contributed by atoms with Gasteiger partial charge in [0.05, 0.1) is 6.61 Å². The minimum absolute atomic E-state index is 0.0832. The smallest absolute Gasteiger partial charge is 0.158 e. The van der Waals surface area contributed by atoms with Crippen molar-refractivity contribution in [1.29, 1.82) is 0 Å². The minimum atomic E-state index is -0.0832. The predicted octanol–water partition coefficient (Wildman–Crippen LogP) is 4.17. The molecule has 1 N–H and O–H groups in total. The highest BCUT2D eigenvalue weighted by Gasteiger charge is 2.16. The number of fused-ring (bicyclic) bond motifs is 1. The fourth-order valence-corrected chi connectivity index (χ4v) is 2.91. The van der Waals surface area contributed by atoms with E-state index in [0.717, 1.165) is 46.5 Å². The zero-order chi connectivity index (χ0) is 13.2. The molecular weight excluding hydrogens is 262 g/mol. The van der Waals surface area contributed by atoms with Crippen LogP contribution in [-0.2, 0) is 16.1 Å². The summed E-state index contributed by atoms with van der Waals surface area (Å²) >= 11 is 6.35. The summed E-state index contributed by atoms with van der Waals surface area (Å²) in [5.41, 5.74) is 3.33. The van der Waals surface area contributed by atoms with E-state index in [9.17, 15) is 0 Å². The molecule has 1 atom stereocenters. The molecule has 102 valence electrons. The maximum Gasteiger partial charge on any atom is 0.158 e. The molecule has 0 bridgehead atoms. The Bertz CT molecular complexity index is 573. The molecular formula is C15H18ClNO2. The summed E-state index contributed by atoms with van der Waals surface area (Å²) in [7, 11) is 0. The Morgan fingerprint density at radius 1 is 1.47 bits per heavy atom. The van der Waals surface area contributed by atoms with Gasteiger partial charge in [-0.2, -0.15) is 0 Å². The molecule has 0 aliphatic carbocycles. The molecule has 1 aromatic carbocycles. The second kappa shape index (κ2) is 5.53. The van der Waals surface area contributed by atoms with Crippen molar-refractivity contribution in [3.8, 4) is 0 Å². The molecule has 1 fully saturated rings. The Balaban J connectivity index is 1.81. The second-order valence-corrected chi connectivity index (χ2v) is 5.43. The summed E-state index contributed by atoms with van der Waals surface area (Å²) in [5, 5.41) is 1.90. The standard InChI is InChI=1S/C15H18ClNO2/c1-10-8-13(16)12(11-5-6-17-15(10)11)9-19-14-4-2-3-7-18-14/h5-6,8,14,17H,2-4,7,9H2,1H3. The van der Waals surface area contributed by atoms with Crippen LogP contribution >= 0.6 is 11.6 Å². The molecule has 0 radical (unpaired) electrons. The van der Waals surface area contributed by atoms with Gasteiger partial charge in [-0.25, -0.2) is 0 Å². The molecule has 2 aromatic rings. The molecule has 1 aliphatic heterocycles. The highest BCUT2D eigenvalue weighted by atomic mass is 35.5. The summed E-state index contributed by atoms with van der Waals surface area (Å²) < 4.78 is 11.4. The monoisotopic (exact) mass is 279 g/mol. The lowest BCUT2D eigenvalue weighted by molar-refractivity contribution is -0.168. The number of halogens is 1. The van der Waals surface area contributed by atoms with Crippen molar-refractivity contribution >= 4 is 22.5 Å². The topological polar surface area (TPSA) is 34.2 Å².